The minimum absolute atomic E-state index is 0.495. The number of methoxy groups -OCH3 is 1. The second kappa shape index (κ2) is 6.62. The Hall–Kier alpha value is -2.34. The van der Waals surface area contributed by atoms with E-state index in [1.54, 1.807) is 25.5 Å². The fourth-order valence-corrected chi connectivity index (χ4v) is 2.42. The first-order chi connectivity index (χ1) is 10.4. The number of hydrogen-bond acceptors (Lipinski definition) is 4. The molecule has 0 radical (unpaired) electrons. The zero-order valence-corrected chi connectivity index (χ0v) is 13.5. The average Bonchev–Trinajstić information content (AvgIpc) is 2.47. The van der Waals surface area contributed by atoms with Gasteiger partial charge >= 0.3 is 0 Å². The van der Waals surface area contributed by atoms with Crippen molar-refractivity contribution in [2.75, 3.05) is 18.1 Å². The Kier molecular flexibility index (Phi) is 4.82. The summed E-state index contributed by atoms with van der Waals surface area (Å²) in [6, 6.07) is 12.8. The molecule has 0 aliphatic carbocycles. The van der Waals surface area contributed by atoms with Crippen LogP contribution >= 0.6 is 0 Å². The van der Waals surface area contributed by atoms with E-state index in [0.717, 1.165) is 23.1 Å². The molecule has 0 saturated carbocycles. The summed E-state index contributed by atoms with van der Waals surface area (Å²) in [5.74, 6) is 0.785. The summed E-state index contributed by atoms with van der Waals surface area (Å²) < 4.78 is 30.1. The van der Waals surface area contributed by atoms with Crippen LogP contribution in [0.4, 0.5) is 11.4 Å². The minimum Gasteiger partial charge on any atom is -0.497 e. The normalized spacial score (nSPS) is 11.6. The molecule has 2 rings (SSSR count). The van der Waals surface area contributed by atoms with Crippen LogP contribution in [0.5, 0.6) is 5.75 Å². The minimum atomic E-state index is -3.30. The van der Waals surface area contributed by atoms with Crippen molar-refractivity contribution in [2.45, 2.75) is 6.92 Å². The van der Waals surface area contributed by atoms with Gasteiger partial charge in [-0.1, -0.05) is 6.07 Å². The Morgan fingerprint density at radius 2 is 1.82 bits per heavy atom. The Balaban J connectivity index is 2.23. The molecule has 0 amide bonds. The second-order valence-electron chi connectivity index (χ2n) is 4.91. The third-order valence-electron chi connectivity index (χ3n) is 2.98. The first-order valence-electron chi connectivity index (χ1n) is 6.64. The number of ether oxygens (including phenoxy) is 1. The number of anilines is 1. The van der Waals surface area contributed by atoms with E-state index in [-0.39, 0.29) is 0 Å². The first-order valence-corrected chi connectivity index (χ1v) is 8.53. The van der Waals surface area contributed by atoms with Gasteiger partial charge in [-0.3, -0.25) is 9.71 Å². The standard InChI is InChI=1S/C16H18N2O3S/c1-12-4-7-14(18-22(3,19)20)10-16(12)17-11-13-5-8-15(21-2)9-6-13/h4-11,18H,1-3H3. The molecule has 22 heavy (non-hydrogen) atoms. The number of sulfonamides is 1. The molecule has 2 aromatic rings. The van der Waals surface area contributed by atoms with E-state index < -0.39 is 10.0 Å². The molecule has 5 nitrogen and oxygen atoms in total. The van der Waals surface area contributed by atoms with Crippen LogP contribution in [0, 0.1) is 6.92 Å². The van der Waals surface area contributed by atoms with Crippen molar-refractivity contribution in [1.82, 2.24) is 0 Å². The van der Waals surface area contributed by atoms with Crippen molar-refractivity contribution in [3.8, 4) is 5.75 Å². The third-order valence-corrected chi connectivity index (χ3v) is 3.59. The van der Waals surface area contributed by atoms with Gasteiger partial charge < -0.3 is 4.74 Å². The Labute approximate surface area is 130 Å². The van der Waals surface area contributed by atoms with Gasteiger partial charge in [0.15, 0.2) is 0 Å². The predicted molar refractivity (Wildman–Crippen MR) is 89.9 cm³/mol. The van der Waals surface area contributed by atoms with E-state index in [1.165, 1.54) is 0 Å². The Morgan fingerprint density at radius 3 is 2.41 bits per heavy atom. The topological polar surface area (TPSA) is 67.8 Å². The lowest BCUT2D eigenvalue weighted by molar-refractivity contribution is 0.415. The molecule has 6 heteroatoms. The maximum Gasteiger partial charge on any atom is 0.229 e. The zero-order chi connectivity index (χ0) is 16.2. The molecule has 0 aliphatic rings. The SMILES string of the molecule is COc1ccc(C=Nc2cc(NS(C)(=O)=O)ccc2C)cc1. The molecule has 0 saturated heterocycles. The maximum atomic E-state index is 11.3. The van der Waals surface area contributed by atoms with E-state index in [9.17, 15) is 8.42 Å². The summed E-state index contributed by atoms with van der Waals surface area (Å²) >= 11 is 0. The zero-order valence-electron chi connectivity index (χ0n) is 12.7. The molecule has 1 N–H and O–H groups in total. The van der Waals surface area contributed by atoms with Gasteiger partial charge in [0.2, 0.25) is 10.0 Å². The van der Waals surface area contributed by atoms with Crippen molar-refractivity contribution in [3.05, 3.63) is 53.6 Å². The van der Waals surface area contributed by atoms with Crippen molar-refractivity contribution < 1.29 is 13.2 Å². The molecule has 116 valence electrons. The highest BCUT2D eigenvalue weighted by atomic mass is 32.2. The van der Waals surface area contributed by atoms with Gasteiger partial charge in [-0.05, 0) is 54.4 Å². The number of hydrogen-bond donors (Lipinski definition) is 1. The van der Waals surface area contributed by atoms with Crippen LogP contribution in [0.15, 0.2) is 47.5 Å². The molecule has 0 heterocycles. The van der Waals surface area contributed by atoms with Gasteiger partial charge in [0.25, 0.3) is 0 Å². The summed E-state index contributed by atoms with van der Waals surface area (Å²) in [6.07, 6.45) is 2.85. The van der Waals surface area contributed by atoms with Crippen LogP contribution in [-0.2, 0) is 10.0 Å². The lowest BCUT2D eigenvalue weighted by atomic mass is 10.2. The van der Waals surface area contributed by atoms with Crippen LogP contribution in [0.1, 0.15) is 11.1 Å². The van der Waals surface area contributed by atoms with Crippen molar-refractivity contribution >= 4 is 27.6 Å². The highest BCUT2D eigenvalue weighted by Crippen LogP contribution is 2.23. The van der Waals surface area contributed by atoms with Crippen LogP contribution < -0.4 is 9.46 Å². The first kappa shape index (κ1) is 16.0. The van der Waals surface area contributed by atoms with Crippen molar-refractivity contribution in [2.24, 2.45) is 4.99 Å². The van der Waals surface area contributed by atoms with Gasteiger partial charge in [-0.15, -0.1) is 0 Å². The van der Waals surface area contributed by atoms with Gasteiger partial charge in [0.05, 0.1) is 24.7 Å². The molecule has 0 fully saturated rings. The van der Waals surface area contributed by atoms with Crippen LogP contribution in [0.25, 0.3) is 0 Å². The molecule has 0 bridgehead atoms. The van der Waals surface area contributed by atoms with Gasteiger partial charge in [0, 0.05) is 6.21 Å². The lowest BCUT2D eigenvalue weighted by Crippen LogP contribution is -2.09. The fourth-order valence-electron chi connectivity index (χ4n) is 1.86. The van der Waals surface area contributed by atoms with Gasteiger partial charge in [-0.25, -0.2) is 8.42 Å². The molecule has 0 spiro atoms. The number of nitrogens with one attached hydrogen (secondary N) is 1. The van der Waals surface area contributed by atoms with E-state index in [2.05, 4.69) is 9.71 Å². The van der Waals surface area contributed by atoms with Crippen LogP contribution in [0.2, 0.25) is 0 Å². The number of rotatable bonds is 5. The average molecular weight is 318 g/mol. The smallest absolute Gasteiger partial charge is 0.229 e. The highest BCUT2D eigenvalue weighted by Gasteiger charge is 2.04. The van der Waals surface area contributed by atoms with Crippen LogP contribution in [-0.4, -0.2) is 28.0 Å². The summed E-state index contributed by atoms with van der Waals surface area (Å²) in [4.78, 5) is 4.42. The molecular weight excluding hydrogens is 300 g/mol. The third kappa shape index (κ3) is 4.60. The summed E-state index contributed by atoms with van der Waals surface area (Å²) in [5.41, 5.74) is 3.10. The van der Waals surface area contributed by atoms with E-state index in [4.69, 9.17) is 4.74 Å². The van der Waals surface area contributed by atoms with E-state index >= 15 is 0 Å². The monoisotopic (exact) mass is 318 g/mol. The fraction of sp³-hybridized carbons (Fsp3) is 0.188. The number of benzene rings is 2. The largest absolute Gasteiger partial charge is 0.497 e. The Bertz CT molecular complexity index is 782. The Morgan fingerprint density at radius 1 is 1.14 bits per heavy atom. The molecule has 2 aromatic carbocycles. The number of aliphatic imine (C=N–C) groups is 1. The molecule has 0 unspecified atom stereocenters. The predicted octanol–water partition coefficient (Wildman–Crippen LogP) is 3.13. The molecule has 0 aromatic heterocycles. The van der Waals surface area contributed by atoms with E-state index in [0.29, 0.717) is 11.4 Å². The summed E-state index contributed by atoms with van der Waals surface area (Å²) in [5, 5.41) is 0. The summed E-state index contributed by atoms with van der Waals surface area (Å²) in [6.45, 7) is 1.92. The van der Waals surface area contributed by atoms with Gasteiger partial charge in [-0.2, -0.15) is 0 Å². The molecular formula is C16H18N2O3S. The van der Waals surface area contributed by atoms with Crippen molar-refractivity contribution in [1.29, 1.82) is 0 Å². The van der Waals surface area contributed by atoms with Gasteiger partial charge in [0.1, 0.15) is 5.75 Å². The quantitative estimate of drug-likeness (QED) is 0.861. The lowest BCUT2D eigenvalue weighted by Gasteiger charge is -2.06. The number of aryl methyl sites for hydroxylation is 1. The van der Waals surface area contributed by atoms with E-state index in [1.807, 2.05) is 37.3 Å². The maximum absolute atomic E-state index is 11.3. The number of nitrogens with zero attached hydrogens (tertiary/aromatic N) is 1. The summed E-state index contributed by atoms with van der Waals surface area (Å²) in [7, 11) is -1.68. The molecule has 0 aliphatic heterocycles. The molecule has 0 atom stereocenters. The second-order valence-corrected chi connectivity index (χ2v) is 6.66. The van der Waals surface area contributed by atoms with Crippen molar-refractivity contribution in [3.63, 3.8) is 0 Å². The highest BCUT2D eigenvalue weighted by molar-refractivity contribution is 7.92. The van der Waals surface area contributed by atoms with Crippen LogP contribution in [0.3, 0.4) is 0 Å².